The van der Waals surface area contributed by atoms with Gasteiger partial charge in [-0.05, 0) is 24.6 Å². The Bertz CT molecular complexity index is 368. The van der Waals surface area contributed by atoms with Crippen LogP contribution in [0.3, 0.4) is 0 Å². The third-order valence-electron chi connectivity index (χ3n) is 2.03. The molecule has 0 aliphatic carbocycles. The first-order valence-corrected chi connectivity index (χ1v) is 5.28. The molecular formula is C10H13BrN2O2. The molecule has 0 fully saturated rings. The molecule has 1 unspecified atom stereocenters. The average Bonchev–Trinajstić information content (AvgIpc) is 2.18. The van der Waals surface area contributed by atoms with Crippen LogP contribution in [0, 0.1) is 6.92 Å². The van der Waals surface area contributed by atoms with Crippen molar-refractivity contribution in [1.29, 1.82) is 0 Å². The molecule has 1 atom stereocenters. The number of hydrogen-bond acceptors (Lipinski definition) is 3. The van der Waals surface area contributed by atoms with Crippen molar-refractivity contribution < 1.29 is 9.90 Å². The summed E-state index contributed by atoms with van der Waals surface area (Å²) in [6, 6.07) is 4.88. The van der Waals surface area contributed by atoms with Gasteiger partial charge in [-0.1, -0.05) is 22.0 Å². The Morgan fingerprint density at radius 3 is 2.93 bits per heavy atom. The predicted octanol–water partition coefficient (Wildman–Crippen LogP) is 1.58. The van der Waals surface area contributed by atoms with E-state index in [1.165, 1.54) is 0 Å². The van der Waals surface area contributed by atoms with Crippen LogP contribution >= 0.6 is 15.9 Å². The van der Waals surface area contributed by atoms with Crippen molar-refractivity contribution in [2.24, 2.45) is 5.73 Å². The summed E-state index contributed by atoms with van der Waals surface area (Å²) in [6.07, 6.45) is 0. The molecule has 0 aliphatic heterocycles. The highest BCUT2D eigenvalue weighted by Crippen LogP contribution is 2.20. The molecule has 0 heterocycles. The highest BCUT2D eigenvalue weighted by molar-refractivity contribution is 9.10. The molecule has 0 radical (unpaired) electrons. The minimum absolute atomic E-state index is 0.215. The number of carbonyl (C=O) groups is 1. The van der Waals surface area contributed by atoms with Crippen molar-refractivity contribution >= 4 is 27.6 Å². The number of benzene rings is 1. The summed E-state index contributed by atoms with van der Waals surface area (Å²) >= 11 is 3.34. The molecule has 1 aromatic carbocycles. The van der Waals surface area contributed by atoms with Crippen molar-refractivity contribution in [2.75, 3.05) is 11.9 Å². The number of nitrogens with one attached hydrogen (secondary N) is 1. The topological polar surface area (TPSA) is 75.3 Å². The lowest BCUT2D eigenvalue weighted by atomic mass is 10.2. The number of hydrogen-bond donors (Lipinski definition) is 3. The Kier molecular flexibility index (Phi) is 4.11. The highest BCUT2D eigenvalue weighted by atomic mass is 79.9. The summed E-state index contributed by atoms with van der Waals surface area (Å²) in [5, 5.41) is 11.6. The van der Waals surface area contributed by atoms with Crippen LogP contribution in [0.15, 0.2) is 22.7 Å². The third-order valence-corrected chi connectivity index (χ3v) is 2.52. The molecule has 0 aliphatic rings. The first kappa shape index (κ1) is 12.0. The van der Waals surface area contributed by atoms with Gasteiger partial charge in [0.15, 0.2) is 0 Å². The zero-order valence-corrected chi connectivity index (χ0v) is 9.91. The Hall–Kier alpha value is -1.07. The maximum Gasteiger partial charge on any atom is 0.322 e. The molecule has 5 heteroatoms. The Balaban J connectivity index is 2.65. The van der Waals surface area contributed by atoms with E-state index in [1.54, 1.807) is 0 Å². The number of anilines is 1. The SMILES string of the molecule is Cc1ccc(Br)cc1NCC(N)C(=O)O. The highest BCUT2D eigenvalue weighted by Gasteiger charge is 2.10. The number of rotatable bonds is 4. The van der Waals surface area contributed by atoms with Gasteiger partial charge in [-0.25, -0.2) is 0 Å². The van der Waals surface area contributed by atoms with Crippen LogP contribution in [-0.2, 0) is 4.79 Å². The number of aryl methyl sites for hydroxylation is 1. The second kappa shape index (κ2) is 5.14. The van der Waals surface area contributed by atoms with Gasteiger partial charge in [-0.2, -0.15) is 0 Å². The third kappa shape index (κ3) is 3.53. The monoisotopic (exact) mass is 272 g/mol. The summed E-state index contributed by atoms with van der Waals surface area (Å²) in [4.78, 5) is 10.5. The molecule has 0 bridgehead atoms. The fourth-order valence-corrected chi connectivity index (χ4v) is 1.45. The van der Waals surface area contributed by atoms with E-state index < -0.39 is 12.0 Å². The van der Waals surface area contributed by atoms with Gasteiger partial charge < -0.3 is 16.2 Å². The van der Waals surface area contributed by atoms with Crippen LogP contribution in [0.25, 0.3) is 0 Å². The number of carboxylic acids is 1. The number of nitrogens with two attached hydrogens (primary N) is 1. The fourth-order valence-electron chi connectivity index (χ4n) is 1.09. The van der Waals surface area contributed by atoms with Crippen LogP contribution in [0.5, 0.6) is 0 Å². The standard InChI is InChI=1S/C10H13BrN2O2/c1-6-2-3-7(11)4-9(6)13-5-8(12)10(14)15/h2-4,8,13H,5,12H2,1H3,(H,14,15). The zero-order chi connectivity index (χ0) is 11.4. The summed E-state index contributed by atoms with van der Waals surface area (Å²) in [7, 11) is 0. The van der Waals surface area contributed by atoms with Crippen LogP contribution in [0.2, 0.25) is 0 Å². The average molecular weight is 273 g/mol. The van der Waals surface area contributed by atoms with Crippen molar-refractivity contribution in [3.05, 3.63) is 28.2 Å². The van der Waals surface area contributed by atoms with Crippen LogP contribution in [-0.4, -0.2) is 23.7 Å². The van der Waals surface area contributed by atoms with Crippen molar-refractivity contribution in [3.63, 3.8) is 0 Å². The molecule has 1 rings (SSSR count). The Morgan fingerprint density at radius 2 is 2.33 bits per heavy atom. The van der Waals surface area contributed by atoms with Gasteiger partial charge in [0, 0.05) is 16.7 Å². The number of aliphatic carboxylic acids is 1. The van der Waals surface area contributed by atoms with Crippen LogP contribution in [0.1, 0.15) is 5.56 Å². The number of carboxylic acid groups (broad SMARTS) is 1. The van der Waals surface area contributed by atoms with E-state index in [0.717, 1.165) is 15.7 Å². The lowest BCUT2D eigenvalue weighted by Crippen LogP contribution is -2.37. The van der Waals surface area contributed by atoms with E-state index in [4.69, 9.17) is 10.8 Å². The van der Waals surface area contributed by atoms with Crippen molar-refractivity contribution in [1.82, 2.24) is 0 Å². The molecule has 0 spiro atoms. The minimum Gasteiger partial charge on any atom is -0.480 e. The molecular weight excluding hydrogens is 260 g/mol. The molecule has 0 amide bonds. The van der Waals surface area contributed by atoms with Crippen LogP contribution < -0.4 is 11.1 Å². The number of halogens is 1. The van der Waals surface area contributed by atoms with Gasteiger partial charge in [-0.3, -0.25) is 4.79 Å². The molecule has 15 heavy (non-hydrogen) atoms. The summed E-state index contributed by atoms with van der Waals surface area (Å²) in [5.41, 5.74) is 7.32. The van der Waals surface area contributed by atoms with E-state index in [0.29, 0.717) is 0 Å². The summed E-state index contributed by atoms with van der Waals surface area (Å²) in [5.74, 6) is -1.00. The van der Waals surface area contributed by atoms with E-state index in [2.05, 4.69) is 21.2 Å². The second-order valence-electron chi connectivity index (χ2n) is 3.28. The summed E-state index contributed by atoms with van der Waals surface area (Å²) < 4.78 is 0.944. The molecule has 0 saturated carbocycles. The van der Waals surface area contributed by atoms with Gasteiger partial charge >= 0.3 is 5.97 Å². The summed E-state index contributed by atoms with van der Waals surface area (Å²) in [6.45, 7) is 2.16. The quantitative estimate of drug-likeness (QED) is 0.778. The molecule has 1 aromatic rings. The normalized spacial score (nSPS) is 12.2. The second-order valence-corrected chi connectivity index (χ2v) is 4.20. The van der Waals surface area contributed by atoms with Crippen molar-refractivity contribution in [2.45, 2.75) is 13.0 Å². The van der Waals surface area contributed by atoms with Gasteiger partial charge in [0.05, 0.1) is 0 Å². The maximum absolute atomic E-state index is 10.5. The Morgan fingerprint density at radius 1 is 1.67 bits per heavy atom. The molecule has 4 N–H and O–H groups in total. The smallest absolute Gasteiger partial charge is 0.322 e. The fraction of sp³-hybridized carbons (Fsp3) is 0.300. The largest absolute Gasteiger partial charge is 0.480 e. The first-order chi connectivity index (χ1) is 7.00. The van der Waals surface area contributed by atoms with Crippen molar-refractivity contribution in [3.8, 4) is 0 Å². The van der Waals surface area contributed by atoms with Gasteiger partial charge in [0.25, 0.3) is 0 Å². The van der Waals surface area contributed by atoms with Gasteiger partial charge in [0.1, 0.15) is 6.04 Å². The molecule has 0 saturated heterocycles. The van der Waals surface area contributed by atoms with Crippen LogP contribution in [0.4, 0.5) is 5.69 Å². The van der Waals surface area contributed by atoms with E-state index in [9.17, 15) is 4.79 Å². The minimum atomic E-state index is -1.00. The zero-order valence-electron chi connectivity index (χ0n) is 8.33. The van der Waals surface area contributed by atoms with E-state index in [-0.39, 0.29) is 6.54 Å². The first-order valence-electron chi connectivity index (χ1n) is 4.49. The van der Waals surface area contributed by atoms with Gasteiger partial charge in [0.2, 0.25) is 0 Å². The molecule has 0 aromatic heterocycles. The Labute approximate surface area is 96.6 Å². The lowest BCUT2D eigenvalue weighted by Gasteiger charge is -2.12. The van der Waals surface area contributed by atoms with Gasteiger partial charge in [-0.15, -0.1) is 0 Å². The maximum atomic E-state index is 10.5. The predicted molar refractivity (Wildman–Crippen MR) is 63.0 cm³/mol. The molecule has 4 nitrogen and oxygen atoms in total. The lowest BCUT2D eigenvalue weighted by molar-refractivity contribution is -0.138. The van der Waals surface area contributed by atoms with E-state index in [1.807, 2.05) is 25.1 Å². The van der Waals surface area contributed by atoms with E-state index >= 15 is 0 Å². The molecule has 82 valence electrons.